The Hall–Kier alpha value is -9.32. The van der Waals surface area contributed by atoms with Crippen LogP contribution in [0.4, 0.5) is 4.39 Å². The summed E-state index contributed by atoms with van der Waals surface area (Å²) < 4.78 is 73.9. The van der Waals surface area contributed by atoms with Crippen molar-refractivity contribution >= 4 is 29.0 Å². The molecule has 658 valence electrons. The van der Waals surface area contributed by atoms with E-state index in [0.717, 1.165) is 40.0 Å². The lowest BCUT2D eigenvalue weighted by Gasteiger charge is -2.22. The molecular weight excluding hydrogens is 1610 g/mol. The molecule has 36 nitrogen and oxygen atoms in total. The number of likely N-dealkylation sites (N-methyl/N-ethyl adjacent to an activating group) is 1. The molecule has 2 aromatic carbocycles. The van der Waals surface area contributed by atoms with E-state index in [-0.39, 0.29) is 40.9 Å². The van der Waals surface area contributed by atoms with Crippen molar-refractivity contribution < 1.29 is 66.0 Å². The Morgan fingerprint density at radius 1 is 0.475 bits per heavy atom. The van der Waals surface area contributed by atoms with Crippen LogP contribution in [0.2, 0.25) is 0 Å². The predicted molar refractivity (Wildman–Crippen MR) is 453 cm³/mol. The molecule has 8 heterocycles. The number of hydrogen-bond acceptors (Lipinski definition) is 22. The molecular formula is C80H119FN19O17P3. The van der Waals surface area contributed by atoms with Gasteiger partial charge in [-0.3, -0.25) is 22.9 Å². The summed E-state index contributed by atoms with van der Waals surface area (Å²) in [5.74, 6) is 2.26. The lowest BCUT2D eigenvalue weighted by molar-refractivity contribution is -0.120. The van der Waals surface area contributed by atoms with Crippen LogP contribution in [-0.4, -0.2) is 173 Å². The average molecular weight is 1730 g/mol. The van der Waals surface area contributed by atoms with Crippen LogP contribution in [-0.2, 0) is 32.1 Å². The Labute approximate surface area is 698 Å². The number of aliphatic hydroxyl groups is 1. The van der Waals surface area contributed by atoms with Crippen LogP contribution in [0.5, 0.6) is 0 Å². The maximum absolute atomic E-state index is 14.2. The maximum Gasteiger partial charge on any atom is 0.469 e. The van der Waals surface area contributed by atoms with Gasteiger partial charge in [-0.15, -0.1) is 5.10 Å². The lowest BCUT2D eigenvalue weighted by Crippen LogP contribution is -2.33. The summed E-state index contributed by atoms with van der Waals surface area (Å²) >= 11 is 0. The molecule has 0 saturated carbocycles. The molecule has 0 aliphatic heterocycles. The number of carbonyl (C=O) groups is 1. The fraction of sp³-hybridized carbons (Fsp3) is 0.525. The second kappa shape index (κ2) is 44.5. The number of benzene rings is 2. The van der Waals surface area contributed by atoms with Crippen LogP contribution in [0.25, 0.3) is 28.8 Å². The van der Waals surface area contributed by atoms with Gasteiger partial charge < -0.3 is 34.5 Å². The highest BCUT2D eigenvalue weighted by molar-refractivity contribution is 7.51. The summed E-state index contributed by atoms with van der Waals surface area (Å²) in [6.45, 7) is 37.9. The van der Waals surface area contributed by atoms with Crippen LogP contribution >= 0.6 is 23.2 Å². The molecule has 0 aliphatic rings. The van der Waals surface area contributed by atoms with Gasteiger partial charge >= 0.3 is 46.0 Å². The summed E-state index contributed by atoms with van der Waals surface area (Å²) in [6, 6.07) is 22.7. The molecule has 0 aliphatic carbocycles. The quantitative estimate of drug-likeness (QED) is 0.0208. The highest BCUT2D eigenvalue weighted by atomic mass is 31.2. The number of phosphoric acid groups is 2. The summed E-state index contributed by atoms with van der Waals surface area (Å²) in [6.07, 6.45) is 11.7. The minimum atomic E-state index is -4.65. The first kappa shape index (κ1) is 99.5. The number of carbonyl (C=O) groups excluding carboxylic acids is 1. The van der Waals surface area contributed by atoms with E-state index in [4.69, 9.17) is 33.1 Å². The van der Waals surface area contributed by atoms with E-state index in [1.807, 2.05) is 108 Å². The second-order valence-corrected chi connectivity index (χ2v) is 35.4. The number of Topliss-reactive ketones (excluding diaryl/α,β-unsaturated/α-hetero) is 1. The van der Waals surface area contributed by atoms with E-state index in [9.17, 15) is 52.1 Å². The van der Waals surface area contributed by atoms with Gasteiger partial charge in [-0.25, -0.2) is 89.3 Å². The lowest BCUT2D eigenvalue weighted by atomic mass is 9.94. The van der Waals surface area contributed by atoms with Gasteiger partial charge in [0.2, 0.25) is 0 Å². The van der Waals surface area contributed by atoms with Crippen LogP contribution in [0.3, 0.4) is 0 Å². The first-order chi connectivity index (χ1) is 56.1. The SMILES string of the molecule is CC(C)c1ccc(-n2cc(C(C)OP(C)(=O)O)nn2)cc1.CC[C@@H]([C@@H](C)O)n1ncn(-c2ncc(C(C)C)cc2F)c1=O.CC[C@@H]([C@@H](C)OP(=O)(O)O)n1ncn(-c2ccc(C(C)C)cc2)c1=O.CC[C@@H]([C@@H](C)OP(=O)(O)O)n1ncn(-c2ccc(C(C)C)cn2)c1=O.CC[C@@H]([C@H](C)CC(=O)CN(C)C)n1ncn(-c2ccc(C(C)C)cn2)c1=O. The Morgan fingerprint density at radius 2 is 0.842 bits per heavy atom. The van der Waals surface area contributed by atoms with Crippen molar-refractivity contribution in [2.75, 3.05) is 27.3 Å². The van der Waals surface area contributed by atoms with Gasteiger partial charge in [0.05, 0.1) is 66.6 Å². The van der Waals surface area contributed by atoms with Gasteiger partial charge in [0, 0.05) is 31.7 Å². The largest absolute Gasteiger partial charge is 0.469 e. The first-order valence-corrected chi connectivity index (χ1v) is 44.9. The van der Waals surface area contributed by atoms with Gasteiger partial charge in [0.25, 0.3) is 0 Å². The van der Waals surface area contributed by atoms with E-state index in [2.05, 4.69) is 113 Å². The van der Waals surface area contributed by atoms with Gasteiger partial charge in [-0.2, -0.15) is 20.4 Å². The fourth-order valence-electron chi connectivity index (χ4n) is 12.9. The maximum atomic E-state index is 14.2. The van der Waals surface area contributed by atoms with Crippen molar-refractivity contribution in [3.05, 3.63) is 210 Å². The second-order valence-electron chi connectivity index (χ2n) is 31.2. The Bertz CT molecular complexity index is 5150. The molecule has 0 spiro atoms. The third kappa shape index (κ3) is 28.1. The molecule has 10 rings (SSSR count). The molecule has 10 atom stereocenters. The van der Waals surface area contributed by atoms with Crippen LogP contribution in [0.1, 0.15) is 257 Å². The summed E-state index contributed by atoms with van der Waals surface area (Å²) in [4.78, 5) is 122. The smallest absolute Gasteiger partial charge is 0.391 e. The molecule has 0 saturated heterocycles. The highest BCUT2D eigenvalue weighted by Crippen LogP contribution is 2.43. The number of pyridine rings is 3. The van der Waals surface area contributed by atoms with Gasteiger partial charge in [0.1, 0.15) is 54.5 Å². The molecule has 2 unspecified atom stereocenters. The van der Waals surface area contributed by atoms with E-state index >= 15 is 0 Å². The fourth-order valence-corrected chi connectivity index (χ4v) is 14.8. The van der Waals surface area contributed by atoms with Crippen LogP contribution in [0.15, 0.2) is 148 Å². The Morgan fingerprint density at radius 3 is 1.21 bits per heavy atom. The van der Waals surface area contributed by atoms with Crippen molar-refractivity contribution in [3.8, 4) is 28.8 Å². The number of halogens is 1. The van der Waals surface area contributed by atoms with E-state index < -0.39 is 83.0 Å². The standard InChI is InChI=1S/C20H31N5O2.C16H24N3O5P.C15H21FN4O2.C15H23N4O5P.C14H20N3O3P/c1-7-18(15(4)10-17(26)12-23(5)6)25-20(27)24(13-22-25)19-9-8-16(11-21-19)14(2)3;1-5-15(12(4)24-25(21,22)23)19-16(20)18(10-17-19)14-8-6-13(7-9-14)11(2)3;1-5-13(10(4)21)20-15(22)19(8-18-20)14-12(16)6-11(7-17-14)9(2)3;1-5-13(11(4)24-25(21,22)23)19-15(20)18(9-17-19)14-7-6-12(8-16-14)10(2)3;1-10(2)12-5-7-13(8-6-12)17-9-14(15-16-17)11(3)20-21(4,18)19/h8-9,11,13-15,18H,7,10,12H2,1-6H3;6-12,15H,5H2,1-4H3,(H2,21,22,23);6-10,13,21H,5H2,1-4H3;6-11,13H,5H2,1-4H3,(H2,21,22,23);5-11H,1-4H3,(H,18,19)/t15-,18+;12-,15+;10-,13+;11-,13+;/m1111./s1. The number of phosphoric ester groups is 2. The normalized spacial score (nSPS) is 14.7. The van der Waals surface area contributed by atoms with Gasteiger partial charge in [0.15, 0.2) is 11.6 Å². The zero-order valence-corrected chi connectivity index (χ0v) is 75.0. The molecule has 10 aromatic rings. The Balaban J connectivity index is 0.000000233. The number of aliphatic hydroxyl groups excluding tert-OH is 1. The Kier molecular flexibility index (Phi) is 36.9. The van der Waals surface area contributed by atoms with Gasteiger partial charge in [-0.1, -0.05) is 145 Å². The predicted octanol–water partition coefficient (Wildman–Crippen LogP) is 12.6. The molecule has 0 amide bonds. The van der Waals surface area contributed by atoms with Crippen molar-refractivity contribution in [1.82, 2.24) is 92.2 Å². The third-order valence-electron chi connectivity index (χ3n) is 19.7. The first-order valence-electron chi connectivity index (χ1n) is 39.8. The number of rotatable bonds is 33. The highest BCUT2D eigenvalue weighted by Gasteiger charge is 2.32. The minimum Gasteiger partial charge on any atom is -0.391 e. The van der Waals surface area contributed by atoms with Crippen molar-refractivity contribution in [2.24, 2.45) is 5.92 Å². The monoisotopic (exact) mass is 1730 g/mol. The van der Waals surface area contributed by atoms with Crippen molar-refractivity contribution in [3.63, 3.8) is 0 Å². The number of aromatic nitrogens is 18. The van der Waals surface area contributed by atoms with Crippen molar-refractivity contribution in [2.45, 2.75) is 242 Å². The topological polar surface area (TPSA) is 449 Å². The number of ketones is 1. The van der Waals surface area contributed by atoms with Gasteiger partial charge in [-0.05, 0) is 173 Å². The summed E-state index contributed by atoms with van der Waals surface area (Å²) in [5, 5.41) is 34.2. The molecule has 0 radical (unpaired) electrons. The third-order valence-corrected chi connectivity index (χ3v) is 21.6. The van der Waals surface area contributed by atoms with Crippen LogP contribution in [0, 0.1) is 11.7 Å². The zero-order chi connectivity index (χ0) is 89.7. The molecule has 8 aromatic heterocycles. The average Bonchev–Trinajstić information content (AvgIpc) is 1.66. The van der Waals surface area contributed by atoms with E-state index in [1.54, 1.807) is 63.2 Å². The molecule has 0 fully saturated rings. The molecule has 6 N–H and O–H groups in total. The minimum absolute atomic E-state index is 0.0276. The van der Waals surface area contributed by atoms with E-state index in [1.165, 1.54) is 88.8 Å². The van der Waals surface area contributed by atoms with Crippen molar-refractivity contribution in [1.29, 1.82) is 0 Å². The number of nitrogens with zero attached hydrogens (tertiary/aromatic N) is 19. The molecule has 0 bridgehead atoms. The summed E-state index contributed by atoms with van der Waals surface area (Å²) in [5.41, 5.74) is 5.86. The number of hydrogen-bond donors (Lipinski definition) is 6. The van der Waals surface area contributed by atoms with Crippen LogP contribution < -0.4 is 22.8 Å². The zero-order valence-electron chi connectivity index (χ0n) is 72.3. The molecule has 40 heteroatoms. The van der Waals surface area contributed by atoms with E-state index in [0.29, 0.717) is 78.9 Å². The summed E-state index contributed by atoms with van der Waals surface area (Å²) in [7, 11) is -9.08. The molecule has 120 heavy (non-hydrogen) atoms.